The molecule has 1 aliphatic rings. The average Bonchev–Trinajstić information content (AvgIpc) is 3.41. The van der Waals surface area contributed by atoms with Crippen molar-refractivity contribution in [1.82, 2.24) is 9.97 Å². The van der Waals surface area contributed by atoms with Crippen molar-refractivity contribution >= 4 is 33.5 Å². The molecule has 2 aromatic heterocycles. The Kier molecular flexibility index (Phi) is 6.84. The Labute approximate surface area is 192 Å². The maximum atomic E-state index is 11.8. The van der Waals surface area contributed by atoms with Gasteiger partial charge in [0.15, 0.2) is 0 Å². The highest BCUT2D eigenvalue weighted by Gasteiger charge is 2.24. The molecule has 4 rings (SSSR count). The Morgan fingerprint density at radius 3 is 2.75 bits per heavy atom. The first-order valence-corrected chi connectivity index (χ1v) is 12.0. The highest BCUT2D eigenvalue weighted by atomic mass is 32.2. The number of hydrogen-bond acceptors (Lipinski definition) is 6. The fourth-order valence-electron chi connectivity index (χ4n) is 3.59. The summed E-state index contributed by atoms with van der Waals surface area (Å²) in [6, 6.07) is 9.88. The number of thioether (sulfide) groups is 1. The Morgan fingerprint density at radius 2 is 2.06 bits per heavy atom. The number of aromatic amines is 1. The zero-order valence-corrected chi connectivity index (χ0v) is 19.8. The molecule has 1 atom stereocenters. The third-order valence-electron chi connectivity index (χ3n) is 5.22. The van der Waals surface area contributed by atoms with Crippen molar-refractivity contribution < 1.29 is 14.3 Å². The van der Waals surface area contributed by atoms with Crippen LogP contribution in [0.2, 0.25) is 0 Å². The fourth-order valence-corrected chi connectivity index (χ4v) is 4.71. The molecule has 0 aliphatic carbocycles. The van der Waals surface area contributed by atoms with Gasteiger partial charge in [0.25, 0.3) is 0 Å². The number of Topliss-reactive ketones (excluding diaryl/α,β-unsaturated/α-hetero) is 1. The van der Waals surface area contributed by atoms with Gasteiger partial charge in [-0.05, 0) is 44.5 Å². The van der Waals surface area contributed by atoms with Crippen molar-refractivity contribution in [1.29, 1.82) is 0 Å². The molecule has 0 saturated carbocycles. The molecule has 1 aromatic carbocycles. The molecule has 0 fully saturated rings. The third kappa shape index (κ3) is 5.15. The van der Waals surface area contributed by atoms with Crippen LogP contribution in [0.5, 0.6) is 17.2 Å². The topological polar surface area (TPSA) is 76.6 Å². The Morgan fingerprint density at radius 1 is 1.22 bits per heavy atom. The van der Waals surface area contributed by atoms with Crippen molar-refractivity contribution in [3.63, 3.8) is 0 Å². The van der Waals surface area contributed by atoms with E-state index in [4.69, 9.17) is 9.47 Å². The number of nitrogens with one attached hydrogen (secondary N) is 1. The second-order valence-corrected chi connectivity index (χ2v) is 9.45. The number of pyridine rings is 1. The van der Waals surface area contributed by atoms with E-state index < -0.39 is 0 Å². The molecule has 3 heterocycles. The molecule has 1 N–H and O–H groups in total. The van der Waals surface area contributed by atoms with Gasteiger partial charge in [-0.25, -0.2) is 0 Å². The van der Waals surface area contributed by atoms with Gasteiger partial charge in [-0.3, -0.25) is 14.8 Å². The van der Waals surface area contributed by atoms with Crippen LogP contribution in [0.4, 0.5) is 0 Å². The number of H-pyrrole nitrogens is 1. The number of aromatic nitrogens is 2. The van der Waals surface area contributed by atoms with Crippen LogP contribution in [-0.4, -0.2) is 38.7 Å². The van der Waals surface area contributed by atoms with Crippen molar-refractivity contribution in [2.75, 3.05) is 6.54 Å². The lowest BCUT2D eigenvalue weighted by Gasteiger charge is -2.13. The highest BCUT2D eigenvalue weighted by Crippen LogP contribution is 2.36. The number of aliphatic imine (C=N–C) groups is 1. The van der Waals surface area contributed by atoms with Gasteiger partial charge >= 0.3 is 0 Å². The van der Waals surface area contributed by atoms with E-state index in [9.17, 15) is 4.79 Å². The first-order valence-electron chi connectivity index (χ1n) is 11.1. The number of carbonyl (C=O) groups is 1. The number of ketones is 1. The molecule has 3 aromatic rings. The first kappa shape index (κ1) is 22.4. The lowest BCUT2D eigenvalue weighted by Crippen LogP contribution is -2.10. The van der Waals surface area contributed by atoms with E-state index in [0.717, 1.165) is 39.5 Å². The molecule has 168 valence electrons. The molecule has 6 nitrogen and oxygen atoms in total. The first-order chi connectivity index (χ1) is 15.4. The van der Waals surface area contributed by atoms with Crippen LogP contribution in [0.15, 0.2) is 41.5 Å². The molecule has 0 radical (unpaired) electrons. The minimum atomic E-state index is 0.0216. The summed E-state index contributed by atoms with van der Waals surface area (Å²) in [5.41, 5.74) is 2.88. The Hall–Kier alpha value is -2.80. The average molecular weight is 452 g/mol. The summed E-state index contributed by atoms with van der Waals surface area (Å²) < 4.78 is 12.2. The SMILES string of the molecule is CCC(=O)CC1CN=C(c2cc3cc(Oc4ccc(CC)nc4)cc(OC(C)C)c3[nH]2)S1. The van der Waals surface area contributed by atoms with E-state index in [1.54, 1.807) is 18.0 Å². The monoisotopic (exact) mass is 451 g/mol. The summed E-state index contributed by atoms with van der Waals surface area (Å²) in [7, 11) is 0. The van der Waals surface area contributed by atoms with Crippen LogP contribution in [0, 0.1) is 0 Å². The lowest BCUT2D eigenvalue weighted by molar-refractivity contribution is -0.118. The summed E-state index contributed by atoms with van der Waals surface area (Å²) in [5.74, 6) is 2.40. The molecule has 0 amide bonds. The number of nitrogens with zero attached hydrogens (tertiary/aromatic N) is 2. The van der Waals surface area contributed by atoms with Crippen molar-refractivity contribution in [3.8, 4) is 17.2 Å². The molecular weight excluding hydrogens is 422 g/mol. The molecule has 1 aliphatic heterocycles. The van der Waals surface area contributed by atoms with Crippen LogP contribution in [-0.2, 0) is 11.2 Å². The molecular formula is C25H29N3O3S. The summed E-state index contributed by atoms with van der Waals surface area (Å²) in [5, 5.41) is 2.14. The zero-order valence-electron chi connectivity index (χ0n) is 19.0. The largest absolute Gasteiger partial charge is 0.489 e. The number of rotatable bonds is 9. The standard InChI is InChI=1S/C25H29N3O3S/c1-5-17-7-8-19(13-26-17)31-20-9-16-10-22(28-24(16)23(12-20)30-15(3)4)25-27-14-21(32-25)11-18(29)6-2/h7-10,12-13,15,21,28H,5-6,11,14H2,1-4H3. The van der Waals surface area contributed by atoms with Crippen LogP contribution >= 0.6 is 11.8 Å². The predicted octanol–water partition coefficient (Wildman–Crippen LogP) is 5.94. The minimum Gasteiger partial charge on any atom is -0.489 e. The Balaban J connectivity index is 1.61. The maximum absolute atomic E-state index is 11.8. The number of fused-ring (bicyclic) bond motifs is 1. The molecule has 0 spiro atoms. The maximum Gasteiger partial charge on any atom is 0.147 e. The van der Waals surface area contributed by atoms with Gasteiger partial charge in [0.1, 0.15) is 28.1 Å². The summed E-state index contributed by atoms with van der Waals surface area (Å²) in [6.45, 7) is 8.66. The smallest absolute Gasteiger partial charge is 0.147 e. The molecule has 32 heavy (non-hydrogen) atoms. The second-order valence-electron chi connectivity index (χ2n) is 8.16. The third-order valence-corrected chi connectivity index (χ3v) is 6.44. The van der Waals surface area contributed by atoms with E-state index in [-0.39, 0.29) is 17.1 Å². The van der Waals surface area contributed by atoms with Crippen molar-refractivity contribution in [3.05, 3.63) is 47.9 Å². The second kappa shape index (κ2) is 9.77. The summed E-state index contributed by atoms with van der Waals surface area (Å²) in [6.07, 6.45) is 3.80. The van der Waals surface area contributed by atoms with Crippen LogP contribution in [0.25, 0.3) is 10.9 Å². The van der Waals surface area contributed by atoms with Gasteiger partial charge in [-0.15, -0.1) is 0 Å². The van der Waals surface area contributed by atoms with Crippen LogP contribution < -0.4 is 9.47 Å². The predicted molar refractivity (Wildman–Crippen MR) is 130 cm³/mol. The summed E-state index contributed by atoms with van der Waals surface area (Å²) >= 11 is 1.67. The fraction of sp³-hybridized carbons (Fsp3) is 0.400. The lowest BCUT2D eigenvalue weighted by atomic mass is 10.2. The van der Waals surface area contributed by atoms with Gasteiger partial charge in [0.2, 0.25) is 0 Å². The van der Waals surface area contributed by atoms with E-state index in [1.165, 1.54) is 0 Å². The van der Waals surface area contributed by atoms with E-state index in [1.807, 2.05) is 45.0 Å². The molecule has 0 saturated heterocycles. The Bertz CT molecular complexity index is 1140. The van der Waals surface area contributed by atoms with Gasteiger partial charge < -0.3 is 14.5 Å². The van der Waals surface area contributed by atoms with Crippen LogP contribution in [0.1, 0.15) is 51.9 Å². The van der Waals surface area contributed by atoms with Crippen molar-refractivity contribution in [2.24, 2.45) is 4.99 Å². The quantitative estimate of drug-likeness (QED) is 0.436. The van der Waals surface area contributed by atoms with E-state index >= 15 is 0 Å². The number of hydrogen-bond donors (Lipinski definition) is 1. The highest BCUT2D eigenvalue weighted by molar-refractivity contribution is 8.15. The minimum absolute atomic E-state index is 0.0216. The van der Waals surface area contributed by atoms with Gasteiger partial charge in [0, 0.05) is 35.2 Å². The molecule has 1 unspecified atom stereocenters. The van der Waals surface area contributed by atoms with E-state index in [0.29, 0.717) is 30.9 Å². The number of benzene rings is 1. The van der Waals surface area contributed by atoms with Gasteiger partial charge in [-0.2, -0.15) is 0 Å². The number of carbonyl (C=O) groups excluding carboxylic acids is 1. The number of aryl methyl sites for hydroxylation is 1. The van der Waals surface area contributed by atoms with Gasteiger partial charge in [-0.1, -0.05) is 25.6 Å². The zero-order chi connectivity index (χ0) is 22.7. The normalized spacial score (nSPS) is 15.9. The van der Waals surface area contributed by atoms with Crippen molar-refractivity contribution in [2.45, 2.75) is 58.3 Å². The van der Waals surface area contributed by atoms with Crippen LogP contribution in [0.3, 0.4) is 0 Å². The molecule has 0 bridgehead atoms. The molecule has 7 heteroatoms. The van der Waals surface area contributed by atoms with E-state index in [2.05, 4.69) is 28.0 Å². The number of ether oxygens (including phenoxy) is 2. The summed E-state index contributed by atoms with van der Waals surface area (Å²) in [4.78, 5) is 24.4. The van der Waals surface area contributed by atoms with Gasteiger partial charge in [0.05, 0.1) is 30.1 Å².